The highest BCUT2D eigenvalue weighted by Gasteiger charge is 2.70. The van der Waals surface area contributed by atoms with Gasteiger partial charge in [-0.15, -0.1) is 0 Å². The van der Waals surface area contributed by atoms with Gasteiger partial charge in [-0.3, -0.25) is 0 Å². The van der Waals surface area contributed by atoms with Crippen LogP contribution in [0.4, 0.5) is 0 Å². The zero-order chi connectivity index (χ0) is 35.9. The van der Waals surface area contributed by atoms with Crippen molar-refractivity contribution in [2.75, 3.05) is 0 Å². The third-order valence-corrected chi connectivity index (χ3v) is 13.9. The van der Waals surface area contributed by atoms with Crippen molar-refractivity contribution in [1.29, 1.82) is 0 Å². The minimum atomic E-state index is -1.57. The molecule has 6 aliphatic rings. The van der Waals surface area contributed by atoms with Crippen molar-refractivity contribution >= 4 is 0 Å². The molecule has 7 rings (SSSR count). The highest BCUT2D eigenvalue weighted by Crippen LogP contribution is 2.70. The summed E-state index contributed by atoms with van der Waals surface area (Å²) in [5.41, 5.74) is -0.553. The maximum absolute atomic E-state index is 12.5. The molecule has 50 heavy (non-hydrogen) atoms. The lowest BCUT2D eigenvalue weighted by Crippen LogP contribution is -2.65. The normalized spacial score (nSPS) is 52.1. The smallest absolute Gasteiger partial charge is 0.335 e. The largest absolute Gasteiger partial charge is 0.431 e. The van der Waals surface area contributed by atoms with Crippen molar-refractivity contribution < 1.29 is 59.1 Å². The molecule has 0 unspecified atom stereocenters. The molecule has 4 aliphatic carbocycles. The molecule has 2 aliphatic heterocycles. The molecule has 1 aromatic rings. The first-order chi connectivity index (χ1) is 23.6. The fourth-order valence-corrected chi connectivity index (χ4v) is 10.9. The average molecular weight is 707 g/mol. The second kappa shape index (κ2) is 13.3. The summed E-state index contributed by atoms with van der Waals surface area (Å²) in [4.78, 5) is 11.6. The summed E-state index contributed by atoms with van der Waals surface area (Å²) >= 11 is 0. The Morgan fingerprint density at radius 3 is 2.28 bits per heavy atom. The first-order valence-corrected chi connectivity index (χ1v) is 18.4. The Morgan fingerprint density at radius 1 is 0.860 bits per heavy atom. The molecule has 280 valence electrons. The molecule has 2 saturated heterocycles. The first kappa shape index (κ1) is 36.6. The van der Waals surface area contributed by atoms with Gasteiger partial charge in [-0.25, -0.2) is 4.79 Å². The van der Waals surface area contributed by atoms with E-state index in [1.54, 1.807) is 19.9 Å². The van der Waals surface area contributed by atoms with Crippen LogP contribution in [0.3, 0.4) is 0 Å². The van der Waals surface area contributed by atoms with Gasteiger partial charge in [0.15, 0.2) is 12.6 Å². The Balaban J connectivity index is 1.03. The van der Waals surface area contributed by atoms with Crippen molar-refractivity contribution in [3.8, 4) is 0 Å². The number of aliphatic hydroxyl groups excluding tert-OH is 6. The predicted molar refractivity (Wildman–Crippen MR) is 175 cm³/mol. The van der Waals surface area contributed by atoms with Crippen LogP contribution in [0, 0.1) is 22.7 Å². The lowest BCUT2D eigenvalue weighted by atomic mass is 9.44. The topological polar surface area (TPSA) is 209 Å². The van der Waals surface area contributed by atoms with Crippen molar-refractivity contribution in [3.63, 3.8) is 0 Å². The van der Waals surface area contributed by atoms with E-state index in [4.69, 9.17) is 23.4 Å². The van der Waals surface area contributed by atoms with Gasteiger partial charge in [-0.2, -0.15) is 0 Å². The molecule has 1 aromatic heterocycles. The Bertz CT molecular complexity index is 1460. The average Bonchev–Trinajstić information content (AvgIpc) is 3.38. The Hall–Kier alpha value is -1.75. The molecule has 0 amide bonds. The van der Waals surface area contributed by atoms with Crippen LogP contribution in [0.5, 0.6) is 0 Å². The van der Waals surface area contributed by atoms with Crippen LogP contribution >= 0.6 is 0 Å². The lowest BCUT2D eigenvalue weighted by Gasteiger charge is -2.63. The van der Waals surface area contributed by atoms with Crippen molar-refractivity contribution in [2.24, 2.45) is 22.7 Å². The quantitative estimate of drug-likeness (QED) is 0.208. The minimum Gasteiger partial charge on any atom is -0.431 e. The molecule has 3 saturated carbocycles. The highest BCUT2D eigenvalue weighted by molar-refractivity contribution is 5.32. The van der Waals surface area contributed by atoms with Crippen LogP contribution < -0.4 is 5.63 Å². The fourth-order valence-electron chi connectivity index (χ4n) is 10.9. The van der Waals surface area contributed by atoms with Crippen LogP contribution in [0.25, 0.3) is 0 Å². The molecule has 0 aromatic carbocycles. The van der Waals surface area contributed by atoms with E-state index in [9.17, 15) is 40.5 Å². The number of hydrogen-bond donors (Lipinski definition) is 7. The van der Waals surface area contributed by atoms with Gasteiger partial charge in [0.1, 0.15) is 36.6 Å². The minimum absolute atomic E-state index is 0.0173. The number of ether oxygens (including phenoxy) is 4. The Morgan fingerprint density at radius 2 is 1.58 bits per heavy atom. The highest BCUT2D eigenvalue weighted by atomic mass is 16.7. The third-order valence-electron chi connectivity index (χ3n) is 13.9. The molecule has 5 fully saturated rings. The van der Waals surface area contributed by atoms with Crippen molar-refractivity contribution in [1.82, 2.24) is 0 Å². The van der Waals surface area contributed by atoms with E-state index >= 15 is 0 Å². The molecular formula is C37H54O13. The predicted octanol–water partition coefficient (Wildman–Crippen LogP) is 1.23. The number of allylic oxidation sites excluding steroid dienone is 1. The molecule has 13 heteroatoms. The summed E-state index contributed by atoms with van der Waals surface area (Å²) in [6.45, 7) is 7.63. The molecule has 7 N–H and O–H groups in total. The molecular weight excluding hydrogens is 652 g/mol. The van der Waals surface area contributed by atoms with E-state index in [2.05, 4.69) is 13.0 Å². The van der Waals surface area contributed by atoms with Gasteiger partial charge in [0, 0.05) is 11.5 Å². The SMILES string of the molecule is CC[C@H]1O[C@@H](O[C@@H]2[C@@H](O)[C@@H](O)[C@H](O[C@@H]3C=C4CC[C@@H]5[C@H](C[C@@H](O)[C@]6(C)[C@@H](c7ccc(=O)oc7)CC[C@]56O)[C@@]4(C)CC3)O[C@H]2C)[C@H](O)[C@@H](O)[C@@H]1O. The molecule has 0 radical (unpaired) electrons. The Kier molecular flexibility index (Phi) is 9.72. The van der Waals surface area contributed by atoms with Crippen LogP contribution in [0.1, 0.15) is 90.5 Å². The monoisotopic (exact) mass is 706 g/mol. The van der Waals surface area contributed by atoms with Crippen molar-refractivity contribution in [2.45, 2.75) is 164 Å². The summed E-state index contributed by atoms with van der Waals surface area (Å²) < 4.78 is 29.0. The number of hydrogen-bond acceptors (Lipinski definition) is 13. The molecule has 13 nitrogen and oxygen atoms in total. The van der Waals surface area contributed by atoms with E-state index in [0.717, 1.165) is 24.8 Å². The van der Waals surface area contributed by atoms with E-state index < -0.39 is 90.3 Å². The molecule has 3 heterocycles. The van der Waals surface area contributed by atoms with Crippen LogP contribution in [0.2, 0.25) is 0 Å². The van der Waals surface area contributed by atoms with Gasteiger partial charge in [0.05, 0.1) is 36.3 Å². The van der Waals surface area contributed by atoms with Gasteiger partial charge in [0.25, 0.3) is 0 Å². The second-order valence-electron chi connectivity index (χ2n) is 16.2. The molecule has 0 spiro atoms. The molecule has 0 bridgehead atoms. The van der Waals surface area contributed by atoms with Crippen LogP contribution in [-0.4, -0.2) is 115 Å². The van der Waals surface area contributed by atoms with E-state index in [1.807, 2.05) is 6.92 Å². The van der Waals surface area contributed by atoms with E-state index in [0.29, 0.717) is 32.1 Å². The number of fused-ring (bicyclic) bond motifs is 5. The number of rotatable bonds is 6. The maximum Gasteiger partial charge on any atom is 0.335 e. The summed E-state index contributed by atoms with van der Waals surface area (Å²) in [5, 5.41) is 77.6. The van der Waals surface area contributed by atoms with Crippen molar-refractivity contribution in [3.05, 3.63) is 46.0 Å². The lowest BCUT2D eigenvalue weighted by molar-refractivity contribution is -0.356. The Labute approximate surface area is 291 Å². The third kappa shape index (κ3) is 5.58. The van der Waals surface area contributed by atoms with E-state index in [1.165, 1.54) is 17.9 Å². The second-order valence-corrected chi connectivity index (χ2v) is 16.2. The van der Waals surface area contributed by atoms with Crippen LogP contribution in [0.15, 0.2) is 39.3 Å². The zero-order valence-corrected chi connectivity index (χ0v) is 29.2. The first-order valence-electron chi connectivity index (χ1n) is 18.4. The fraction of sp³-hybridized carbons (Fsp3) is 0.811. The molecule has 18 atom stereocenters. The summed E-state index contributed by atoms with van der Waals surface area (Å²) in [5.74, 6) is -0.111. The van der Waals surface area contributed by atoms with Gasteiger partial charge >= 0.3 is 5.63 Å². The standard InChI is InChI=1S/C37H54O13/c1-5-24-27(40)28(41)30(43)34(49-24)50-32-17(2)47-33(31(44)29(32)42)48-20-10-12-35(3)19(14-20)7-8-22-23(35)15-25(38)36(4)21(11-13-37(22,36)45)18-6-9-26(39)46-16-18/h6,9,14,16-17,20-25,27-34,38,40-45H,5,7-8,10-13,15H2,1-4H3/t17-,20-,21+,22+,23-,24+,25+,27+,28-,29-,30+,31+,32-,33-,34-,35-,36-,37-/m0/s1. The van der Waals surface area contributed by atoms with Gasteiger partial charge in [-0.05, 0) is 93.1 Å². The van der Waals surface area contributed by atoms with Crippen LogP contribution in [-0.2, 0) is 18.9 Å². The van der Waals surface area contributed by atoms with Gasteiger partial charge < -0.3 is 59.1 Å². The summed E-state index contributed by atoms with van der Waals surface area (Å²) in [6, 6.07) is 3.15. The summed E-state index contributed by atoms with van der Waals surface area (Å²) in [7, 11) is 0. The van der Waals surface area contributed by atoms with Gasteiger partial charge in [-0.1, -0.05) is 32.4 Å². The van der Waals surface area contributed by atoms with Gasteiger partial charge in [0.2, 0.25) is 0 Å². The number of aliphatic hydroxyl groups is 7. The maximum atomic E-state index is 12.5. The van der Waals surface area contributed by atoms with E-state index in [-0.39, 0.29) is 23.2 Å². The zero-order valence-electron chi connectivity index (χ0n) is 29.2. The summed E-state index contributed by atoms with van der Waals surface area (Å²) in [6.07, 6.45) is -5.08.